The van der Waals surface area contributed by atoms with Gasteiger partial charge in [-0.25, -0.2) is 4.79 Å². The first-order valence-corrected chi connectivity index (χ1v) is 11.1. The fourth-order valence-electron chi connectivity index (χ4n) is 3.59. The highest BCUT2D eigenvalue weighted by Gasteiger charge is 2.27. The van der Waals surface area contributed by atoms with Crippen molar-refractivity contribution in [2.75, 3.05) is 19.6 Å². The predicted octanol–water partition coefficient (Wildman–Crippen LogP) is 5.18. The first-order valence-electron chi connectivity index (χ1n) is 10.2. The Kier molecular flexibility index (Phi) is 6.96. The van der Waals surface area contributed by atoms with Crippen molar-refractivity contribution in [2.24, 2.45) is 5.92 Å². The summed E-state index contributed by atoms with van der Waals surface area (Å²) in [4.78, 5) is 27.5. The van der Waals surface area contributed by atoms with Gasteiger partial charge in [0.05, 0.1) is 4.88 Å². The number of benzene rings is 1. The first kappa shape index (κ1) is 21.4. The molecule has 2 aromatic rings. The van der Waals surface area contributed by atoms with Crippen LogP contribution in [0.25, 0.3) is 11.1 Å². The Morgan fingerprint density at radius 2 is 1.97 bits per heavy atom. The molecule has 2 heterocycles. The largest absolute Gasteiger partial charge is 0.444 e. The predicted molar refractivity (Wildman–Crippen MR) is 117 cm³/mol. The number of ether oxygens (including phenoxy) is 1. The zero-order valence-corrected chi connectivity index (χ0v) is 18.3. The normalized spacial score (nSPS) is 17.1. The summed E-state index contributed by atoms with van der Waals surface area (Å²) in [6, 6.07) is 12.0. The maximum Gasteiger partial charge on any atom is 0.410 e. The van der Waals surface area contributed by atoms with E-state index in [9.17, 15) is 9.59 Å². The minimum Gasteiger partial charge on any atom is -0.444 e. The van der Waals surface area contributed by atoms with Crippen molar-refractivity contribution in [3.8, 4) is 11.1 Å². The molecule has 0 radical (unpaired) electrons. The standard InChI is InChI=1S/C23H30N2O3S/c1-23(2,3)28-22(27)25-14-7-8-17(16-25)11-13-24-21(26)20-19(12-15-29-20)18-9-5-4-6-10-18/h4-6,9-10,12,15,17H,7-8,11,13-14,16H2,1-3H3,(H,24,26). The molecule has 1 aliphatic rings. The van der Waals surface area contributed by atoms with Crippen molar-refractivity contribution in [1.29, 1.82) is 0 Å². The maximum atomic E-state index is 12.7. The lowest BCUT2D eigenvalue weighted by Gasteiger charge is -2.34. The van der Waals surface area contributed by atoms with Crippen LogP contribution in [0, 0.1) is 5.92 Å². The van der Waals surface area contributed by atoms with E-state index in [1.165, 1.54) is 11.3 Å². The van der Waals surface area contributed by atoms with E-state index in [1.807, 2.05) is 62.5 Å². The topological polar surface area (TPSA) is 58.6 Å². The van der Waals surface area contributed by atoms with Crippen molar-refractivity contribution in [3.05, 3.63) is 46.7 Å². The Bertz CT molecular complexity index is 826. The number of amides is 2. The summed E-state index contributed by atoms with van der Waals surface area (Å²) in [5.74, 6) is 0.354. The Balaban J connectivity index is 1.50. The third-order valence-corrected chi connectivity index (χ3v) is 5.88. The van der Waals surface area contributed by atoms with Gasteiger partial charge in [-0.2, -0.15) is 0 Å². The Labute approximate surface area is 177 Å². The monoisotopic (exact) mass is 414 g/mol. The van der Waals surface area contributed by atoms with E-state index >= 15 is 0 Å². The van der Waals surface area contributed by atoms with Crippen LogP contribution in [0.4, 0.5) is 4.79 Å². The van der Waals surface area contributed by atoms with Crippen LogP contribution in [0.3, 0.4) is 0 Å². The number of hydrogen-bond donors (Lipinski definition) is 1. The molecule has 2 amide bonds. The van der Waals surface area contributed by atoms with Crippen LogP contribution < -0.4 is 5.32 Å². The van der Waals surface area contributed by atoms with Gasteiger partial charge in [0.2, 0.25) is 0 Å². The Morgan fingerprint density at radius 3 is 2.69 bits per heavy atom. The number of hydrogen-bond acceptors (Lipinski definition) is 4. The second-order valence-electron chi connectivity index (χ2n) is 8.51. The van der Waals surface area contributed by atoms with Gasteiger partial charge in [-0.1, -0.05) is 30.3 Å². The van der Waals surface area contributed by atoms with Gasteiger partial charge in [0.25, 0.3) is 5.91 Å². The molecule has 1 fully saturated rings. The van der Waals surface area contributed by atoms with Crippen LogP contribution in [0.15, 0.2) is 41.8 Å². The molecular formula is C23H30N2O3S. The molecule has 0 bridgehead atoms. The number of nitrogens with zero attached hydrogens (tertiary/aromatic N) is 1. The summed E-state index contributed by atoms with van der Waals surface area (Å²) in [5, 5.41) is 5.02. The van der Waals surface area contributed by atoms with Crippen molar-refractivity contribution in [1.82, 2.24) is 10.2 Å². The number of nitrogens with one attached hydrogen (secondary N) is 1. The average molecular weight is 415 g/mol. The molecule has 5 nitrogen and oxygen atoms in total. The van der Waals surface area contributed by atoms with E-state index in [2.05, 4.69) is 5.32 Å². The highest BCUT2D eigenvalue weighted by Crippen LogP contribution is 2.28. The highest BCUT2D eigenvalue weighted by molar-refractivity contribution is 7.12. The van der Waals surface area contributed by atoms with Gasteiger partial charge < -0.3 is 15.0 Å². The molecule has 6 heteroatoms. The summed E-state index contributed by atoms with van der Waals surface area (Å²) in [5.41, 5.74) is 1.55. The molecule has 3 rings (SSSR count). The zero-order chi connectivity index (χ0) is 20.9. The van der Waals surface area contributed by atoms with Crippen molar-refractivity contribution in [2.45, 2.75) is 45.6 Å². The number of likely N-dealkylation sites (tertiary alicyclic amines) is 1. The number of thiophene rings is 1. The maximum absolute atomic E-state index is 12.7. The zero-order valence-electron chi connectivity index (χ0n) is 17.4. The second-order valence-corrected chi connectivity index (χ2v) is 9.42. The summed E-state index contributed by atoms with van der Waals surface area (Å²) < 4.78 is 5.49. The molecule has 29 heavy (non-hydrogen) atoms. The summed E-state index contributed by atoms with van der Waals surface area (Å²) in [6.45, 7) is 7.70. The molecule has 0 spiro atoms. The highest BCUT2D eigenvalue weighted by atomic mass is 32.1. The molecule has 1 atom stereocenters. The lowest BCUT2D eigenvalue weighted by atomic mass is 9.95. The van der Waals surface area contributed by atoms with E-state index in [-0.39, 0.29) is 12.0 Å². The number of carbonyl (C=O) groups excluding carboxylic acids is 2. The summed E-state index contributed by atoms with van der Waals surface area (Å²) in [7, 11) is 0. The van der Waals surface area contributed by atoms with Crippen molar-refractivity contribution < 1.29 is 14.3 Å². The lowest BCUT2D eigenvalue weighted by Crippen LogP contribution is -2.43. The fourth-order valence-corrected chi connectivity index (χ4v) is 4.43. The van der Waals surface area contributed by atoms with Gasteiger partial charge in [0, 0.05) is 25.2 Å². The van der Waals surface area contributed by atoms with Crippen LogP contribution in [-0.2, 0) is 4.74 Å². The van der Waals surface area contributed by atoms with E-state index in [4.69, 9.17) is 4.74 Å². The smallest absolute Gasteiger partial charge is 0.410 e. The molecule has 1 aromatic carbocycles. The molecule has 1 saturated heterocycles. The lowest BCUT2D eigenvalue weighted by molar-refractivity contribution is 0.0161. The molecule has 0 saturated carbocycles. The van der Waals surface area contributed by atoms with Crippen LogP contribution in [0.5, 0.6) is 0 Å². The van der Waals surface area contributed by atoms with Gasteiger partial charge in [-0.05, 0) is 63.0 Å². The molecule has 156 valence electrons. The third kappa shape index (κ3) is 6.07. The number of piperidine rings is 1. The van der Waals surface area contributed by atoms with Crippen molar-refractivity contribution >= 4 is 23.3 Å². The Morgan fingerprint density at radius 1 is 1.21 bits per heavy atom. The fraction of sp³-hybridized carbons (Fsp3) is 0.478. The quantitative estimate of drug-likeness (QED) is 0.733. The molecular weight excluding hydrogens is 384 g/mol. The summed E-state index contributed by atoms with van der Waals surface area (Å²) >= 11 is 1.47. The Hall–Kier alpha value is -2.34. The van der Waals surface area contributed by atoms with E-state index in [1.54, 1.807) is 4.90 Å². The molecule has 1 aromatic heterocycles. The van der Waals surface area contributed by atoms with Gasteiger partial charge >= 0.3 is 6.09 Å². The molecule has 1 N–H and O–H groups in total. The SMILES string of the molecule is CC(C)(C)OC(=O)N1CCCC(CCNC(=O)c2sccc2-c2ccccc2)C1. The van der Waals surface area contributed by atoms with Crippen LogP contribution in [0.1, 0.15) is 49.7 Å². The molecule has 1 unspecified atom stereocenters. The van der Waals surface area contributed by atoms with Gasteiger partial charge in [0.15, 0.2) is 0 Å². The number of rotatable bonds is 5. The minimum atomic E-state index is -0.477. The molecule has 1 aliphatic heterocycles. The van der Waals surface area contributed by atoms with Crippen LogP contribution in [-0.4, -0.2) is 42.1 Å². The van der Waals surface area contributed by atoms with E-state index < -0.39 is 5.60 Å². The van der Waals surface area contributed by atoms with E-state index in [0.717, 1.165) is 41.8 Å². The molecule has 0 aliphatic carbocycles. The second kappa shape index (κ2) is 9.44. The summed E-state index contributed by atoms with van der Waals surface area (Å²) in [6.07, 6.45) is 2.67. The van der Waals surface area contributed by atoms with E-state index in [0.29, 0.717) is 19.0 Å². The number of carbonyl (C=O) groups is 2. The van der Waals surface area contributed by atoms with Gasteiger partial charge in [0.1, 0.15) is 5.60 Å². The van der Waals surface area contributed by atoms with Crippen LogP contribution >= 0.6 is 11.3 Å². The van der Waals surface area contributed by atoms with Crippen LogP contribution in [0.2, 0.25) is 0 Å². The van der Waals surface area contributed by atoms with Gasteiger partial charge in [-0.3, -0.25) is 4.79 Å². The average Bonchev–Trinajstić information content (AvgIpc) is 3.17. The minimum absolute atomic E-state index is 0.0290. The van der Waals surface area contributed by atoms with Gasteiger partial charge in [-0.15, -0.1) is 11.3 Å². The van der Waals surface area contributed by atoms with Crippen molar-refractivity contribution in [3.63, 3.8) is 0 Å². The first-order chi connectivity index (χ1) is 13.8. The third-order valence-electron chi connectivity index (χ3n) is 4.97.